The van der Waals surface area contributed by atoms with Crippen molar-refractivity contribution in [2.24, 2.45) is 0 Å². The van der Waals surface area contributed by atoms with E-state index in [2.05, 4.69) is 15.9 Å². The second-order valence-corrected chi connectivity index (χ2v) is 5.64. The van der Waals surface area contributed by atoms with Crippen molar-refractivity contribution < 1.29 is 9.72 Å². The summed E-state index contributed by atoms with van der Waals surface area (Å²) in [5, 5.41) is 10.8. The van der Waals surface area contributed by atoms with Gasteiger partial charge in [0, 0.05) is 35.1 Å². The molecule has 1 aliphatic heterocycles. The Morgan fingerprint density at radius 2 is 2.28 bits per heavy atom. The van der Waals surface area contributed by atoms with Crippen LogP contribution in [0.25, 0.3) is 0 Å². The Morgan fingerprint density at radius 1 is 1.56 bits per heavy atom. The fourth-order valence-corrected chi connectivity index (χ4v) is 2.68. The zero-order valence-electron chi connectivity index (χ0n) is 9.93. The van der Waals surface area contributed by atoms with Gasteiger partial charge in [-0.2, -0.15) is 0 Å². The van der Waals surface area contributed by atoms with Crippen molar-refractivity contribution in [2.45, 2.75) is 18.2 Å². The molecule has 1 fully saturated rings. The van der Waals surface area contributed by atoms with Crippen molar-refractivity contribution in [1.82, 2.24) is 4.90 Å². The summed E-state index contributed by atoms with van der Waals surface area (Å²) in [6, 6.07) is 4.62. The van der Waals surface area contributed by atoms with Crippen LogP contribution in [0, 0.1) is 17.0 Å². The summed E-state index contributed by atoms with van der Waals surface area (Å²) in [6.45, 7) is 2.96. The Labute approximate surface area is 113 Å². The Bertz CT molecular complexity index is 504. The molecule has 1 atom stereocenters. The average Bonchev–Trinajstić information content (AvgIpc) is 2.75. The van der Waals surface area contributed by atoms with Gasteiger partial charge in [0.2, 0.25) is 0 Å². The van der Waals surface area contributed by atoms with E-state index in [0.29, 0.717) is 29.0 Å². The fraction of sp³-hybridized carbons (Fsp3) is 0.417. The van der Waals surface area contributed by atoms with Crippen LogP contribution in [-0.2, 0) is 0 Å². The number of nitro benzene ring substituents is 1. The number of nitrogens with zero attached hydrogens (tertiary/aromatic N) is 2. The van der Waals surface area contributed by atoms with E-state index in [1.807, 2.05) is 0 Å². The van der Waals surface area contributed by atoms with Gasteiger partial charge < -0.3 is 4.90 Å². The second kappa shape index (κ2) is 5.06. The van der Waals surface area contributed by atoms with Gasteiger partial charge in [-0.05, 0) is 19.4 Å². The van der Waals surface area contributed by atoms with Gasteiger partial charge in [-0.3, -0.25) is 14.9 Å². The van der Waals surface area contributed by atoms with Crippen molar-refractivity contribution in [3.63, 3.8) is 0 Å². The molecule has 0 radical (unpaired) electrons. The molecule has 1 amide bonds. The van der Waals surface area contributed by atoms with Crippen LogP contribution < -0.4 is 0 Å². The molecule has 0 aliphatic carbocycles. The Kier molecular flexibility index (Phi) is 3.65. The number of likely N-dealkylation sites (tertiary alicyclic amines) is 1. The summed E-state index contributed by atoms with van der Waals surface area (Å²) in [4.78, 5) is 24.7. The van der Waals surface area contributed by atoms with Gasteiger partial charge in [-0.15, -0.1) is 0 Å². The number of hydrogen-bond donors (Lipinski definition) is 0. The van der Waals surface area contributed by atoms with Gasteiger partial charge in [0.05, 0.1) is 4.92 Å². The van der Waals surface area contributed by atoms with Crippen LogP contribution in [0.4, 0.5) is 5.69 Å². The smallest absolute Gasteiger partial charge is 0.273 e. The van der Waals surface area contributed by atoms with Crippen LogP contribution in [-0.4, -0.2) is 33.6 Å². The Morgan fingerprint density at radius 3 is 2.83 bits per heavy atom. The molecule has 1 aliphatic rings. The first-order valence-electron chi connectivity index (χ1n) is 5.68. The fourth-order valence-electron chi connectivity index (χ4n) is 2.13. The molecule has 2 rings (SSSR count). The Hall–Kier alpha value is -1.43. The average molecular weight is 313 g/mol. The van der Waals surface area contributed by atoms with Gasteiger partial charge in [-0.25, -0.2) is 0 Å². The second-order valence-electron chi connectivity index (χ2n) is 4.34. The van der Waals surface area contributed by atoms with Crippen LogP contribution in [0.15, 0.2) is 18.2 Å². The van der Waals surface area contributed by atoms with Crippen LogP contribution in [0.2, 0.25) is 0 Å². The molecule has 1 saturated heterocycles. The highest BCUT2D eigenvalue weighted by Gasteiger charge is 2.27. The maximum absolute atomic E-state index is 12.3. The number of amides is 1. The van der Waals surface area contributed by atoms with E-state index in [1.54, 1.807) is 24.0 Å². The highest BCUT2D eigenvalue weighted by atomic mass is 79.9. The van der Waals surface area contributed by atoms with Crippen LogP contribution in [0.3, 0.4) is 0 Å². The van der Waals surface area contributed by atoms with E-state index in [0.717, 1.165) is 6.42 Å². The third-order valence-corrected chi connectivity index (χ3v) is 3.90. The summed E-state index contributed by atoms with van der Waals surface area (Å²) < 4.78 is 0. The lowest BCUT2D eigenvalue weighted by Crippen LogP contribution is -2.29. The molecule has 1 aromatic carbocycles. The minimum Gasteiger partial charge on any atom is -0.337 e. The number of rotatable bonds is 2. The predicted molar refractivity (Wildman–Crippen MR) is 71.1 cm³/mol. The maximum Gasteiger partial charge on any atom is 0.273 e. The number of alkyl halides is 1. The third-order valence-electron chi connectivity index (χ3n) is 3.15. The zero-order chi connectivity index (χ0) is 13.3. The van der Waals surface area contributed by atoms with Crippen molar-refractivity contribution in [3.8, 4) is 0 Å². The van der Waals surface area contributed by atoms with Gasteiger partial charge >= 0.3 is 0 Å². The first-order valence-corrected chi connectivity index (χ1v) is 6.59. The highest BCUT2D eigenvalue weighted by molar-refractivity contribution is 9.09. The van der Waals surface area contributed by atoms with E-state index in [4.69, 9.17) is 0 Å². The van der Waals surface area contributed by atoms with E-state index in [-0.39, 0.29) is 11.6 Å². The molecule has 0 N–H and O–H groups in total. The predicted octanol–water partition coefficient (Wildman–Crippen LogP) is 2.51. The monoisotopic (exact) mass is 312 g/mol. The number of carbonyl (C=O) groups excluding carboxylic acids is 1. The van der Waals surface area contributed by atoms with Gasteiger partial charge in [0.1, 0.15) is 0 Å². The molecule has 0 bridgehead atoms. The summed E-state index contributed by atoms with van der Waals surface area (Å²) in [5.41, 5.74) is 0.853. The lowest BCUT2D eigenvalue weighted by Gasteiger charge is -2.16. The van der Waals surface area contributed by atoms with Crippen molar-refractivity contribution in [1.29, 1.82) is 0 Å². The largest absolute Gasteiger partial charge is 0.337 e. The van der Waals surface area contributed by atoms with Gasteiger partial charge in [-0.1, -0.05) is 22.0 Å². The Balaban J connectivity index is 2.31. The van der Waals surface area contributed by atoms with Crippen molar-refractivity contribution >= 4 is 27.5 Å². The number of carbonyl (C=O) groups is 1. The summed E-state index contributed by atoms with van der Waals surface area (Å²) in [5.74, 6) is -0.127. The number of nitro groups is 1. The number of halogens is 1. The molecule has 6 heteroatoms. The molecule has 1 unspecified atom stereocenters. The minimum absolute atomic E-state index is 0.00422. The standard InChI is InChI=1S/C12H13BrN2O3/c1-8-10(3-2-4-11(8)15(17)18)12(16)14-6-5-9(13)7-14/h2-4,9H,5-7H2,1H3. The first-order chi connectivity index (χ1) is 8.50. The molecular formula is C12H13BrN2O3. The summed E-state index contributed by atoms with van der Waals surface area (Å²) in [6.07, 6.45) is 0.916. The molecule has 5 nitrogen and oxygen atoms in total. The highest BCUT2D eigenvalue weighted by Crippen LogP contribution is 2.24. The molecule has 96 valence electrons. The summed E-state index contributed by atoms with van der Waals surface area (Å²) >= 11 is 3.47. The molecule has 1 heterocycles. The zero-order valence-corrected chi connectivity index (χ0v) is 11.5. The van der Waals surface area contributed by atoms with Crippen LogP contribution in [0.1, 0.15) is 22.3 Å². The molecule has 0 aromatic heterocycles. The molecule has 18 heavy (non-hydrogen) atoms. The first kappa shape index (κ1) is 13.0. The van der Waals surface area contributed by atoms with Crippen molar-refractivity contribution in [3.05, 3.63) is 39.4 Å². The molecule has 0 saturated carbocycles. The summed E-state index contributed by atoms with van der Waals surface area (Å²) in [7, 11) is 0. The van der Waals surface area contributed by atoms with Gasteiger partial charge in [0.25, 0.3) is 11.6 Å². The SMILES string of the molecule is Cc1c(C(=O)N2CCC(Br)C2)cccc1[N+](=O)[O-]. The van der Waals surface area contributed by atoms with Crippen LogP contribution in [0.5, 0.6) is 0 Å². The minimum atomic E-state index is -0.455. The van der Waals surface area contributed by atoms with Crippen LogP contribution >= 0.6 is 15.9 Å². The van der Waals surface area contributed by atoms with Gasteiger partial charge in [0.15, 0.2) is 0 Å². The number of benzene rings is 1. The van der Waals surface area contributed by atoms with E-state index >= 15 is 0 Å². The maximum atomic E-state index is 12.3. The lowest BCUT2D eigenvalue weighted by molar-refractivity contribution is -0.385. The van der Waals surface area contributed by atoms with E-state index < -0.39 is 4.92 Å². The quantitative estimate of drug-likeness (QED) is 0.479. The van der Waals surface area contributed by atoms with Crippen molar-refractivity contribution in [2.75, 3.05) is 13.1 Å². The normalized spacial score (nSPS) is 19.0. The molecular weight excluding hydrogens is 300 g/mol. The molecule has 1 aromatic rings. The number of hydrogen-bond acceptors (Lipinski definition) is 3. The van der Waals surface area contributed by atoms with E-state index in [9.17, 15) is 14.9 Å². The third kappa shape index (κ3) is 2.38. The molecule has 0 spiro atoms. The lowest BCUT2D eigenvalue weighted by atomic mass is 10.1. The van der Waals surface area contributed by atoms with E-state index in [1.165, 1.54) is 6.07 Å². The topological polar surface area (TPSA) is 63.5 Å².